The van der Waals surface area contributed by atoms with E-state index >= 15 is 0 Å². The Labute approximate surface area is 138 Å². The Hall–Kier alpha value is -2.38. The van der Waals surface area contributed by atoms with E-state index in [0.717, 1.165) is 21.3 Å². The molecule has 0 aromatic heterocycles. The highest BCUT2D eigenvalue weighted by atomic mass is 32.2. The predicted octanol–water partition coefficient (Wildman–Crippen LogP) is 2.31. The summed E-state index contributed by atoms with van der Waals surface area (Å²) in [5.74, 6) is 1.51. The van der Waals surface area contributed by atoms with Crippen molar-refractivity contribution < 1.29 is 0 Å². The molecule has 0 radical (unpaired) electrons. The van der Waals surface area contributed by atoms with Crippen molar-refractivity contribution in [3.63, 3.8) is 0 Å². The van der Waals surface area contributed by atoms with Crippen LogP contribution >= 0.6 is 23.5 Å². The molecule has 6 heteroatoms. The minimum Gasteiger partial charge on any atom is -0.192 e. The van der Waals surface area contributed by atoms with Gasteiger partial charge in [-0.2, -0.15) is 21.0 Å². The molecule has 0 aliphatic rings. The molecule has 0 fully saturated rings. The zero-order valence-electron chi connectivity index (χ0n) is 12.2. The first-order valence-corrected chi connectivity index (χ1v) is 8.42. The van der Waals surface area contributed by atoms with Crippen molar-refractivity contribution in [2.24, 2.45) is 0 Å². The second kappa shape index (κ2) is 8.81. The van der Waals surface area contributed by atoms with Gasteiger partial charge < -0.3 is 0 Å². The molecule has 0 amide bonds. The van der Waals surface area contributed by atoms with E-state index in [1.807, 2.05) is 38.1 Å². The Bertz CT molecular complexity index is 752. The first-order valence-electron chi connectivity index (χ1n) is 6.45. The maximum atomic E-state index is 9.13. The highest BCUT2D eigenvalue weighted by Crippen LogP contribution is 2.18. The van der Waals surface area contributed by atoms with Gasteiger partial charge in [0.2, 0.25) is 0 Å². The van der Waals surface area contributed by atoms with Gasteiger partial charge in [-0.25, -0.2) is 0 Å². The topological polar surface area (TPSA) is 95.2 Å². The van der Waals surface area contributed by atoms with Crippen LogP contribution in [0.15, 0.2) is 21.9 Å². The van der Waals surface area contributed by atoms with E-state index in [0.29, 0.717) is 10.4 Å². The maximum Gasteiger partial charge on any atom is 0.138 e. The maximum absolute atomic E-state index is 9.13. The lowest BCUT2D eigenvalue weighted by Crippen LogP contribution is -2.18. The van der Waals surface area contributed by atoms with Crippen LogP contribution in [-0.4, -0.2) is 11.5 Å². The summed E-state index contributed by atoms with van der Waals surface area (Å²) in [4.78, 5) is 1.47. The SMILES string of the molecule is CCSc1cc(=C(C#N)C#N)c(SCC)cc1=C(C#N)C#N. The van der Waals surface area contributed by atoms with E-state index in [1.54, 1.807) is 12.1 Å². The molecule has 108 valence electrons. The Morgan fingerprint density at radius 1 is 0.773 bits per heavy atom. The standard InChI is InChI=1S/C16H12N4S2/c1-3-21-15-5-14(12(9-19)10-20)16(22-4-2)6-13(15)11(7-17)8-18/h5-6H,3-4H2,1-2H3. The zero-order chi connectivity index (χ0) is 16.5. The first-order chi connectivity index (χ1) is 10.7. The third-order valence-electron chi connectivity index (χ3n) is 2.67. The number of nitriles is 4. The van der Waals surface area contributed by atoms with Gasteiger partial charge in [0.25, 0.3) is 0 Å². The van der Waals surface area contributed by atoms with Crippen LogP contribution in [0.5, 0.6) is 0 Å². The molecule has 0 N–H and O–H groups in total. The monoisotopic (exact) mass is 324 g/mol. The van der Waals surface area contributed by atoms with Crippen molar-refractivity contribution >= 4 is 34.7 Å². The number of rotatable bonds is 4. The molecule has 0 unspecified atom stereocenters. The van der Waals surface area contributed by atoms with E-state index in [9.17, 15) is 0 Å². The van der Waals surface area contributed by atoms with Crippen molar-refractivity contribution in [3.8, 4) is 24.3 Å². The Morgan fingerprint density at radius 2 is 1.09 bits per heavy atom. The van der Waals surface area contributed by atoms with Crippen LogP contribution in [0.4, 0.5) is 0 Å². The third-order valence-corrected chi connectivity index (χ3v) is 4.54. The average Bonchev–Trinajstić information content (AvgIpc) is 2.53. The molecule has 0 saturated heterocycles. The lowest BCUT2D eigenvalue weighted by Gasteiger charge is -2.06. The number of hydrogen-bond acceptors (Lipinski definition) is 6. The van der Waals surface area contributed by atoms with Crippen molar-refractivity contribution in [2.45, 2.75) is 23.6 Å². The molecule has 0 heterocycles. The number of hydrogen-bond donors (Lipinski definition) is 0. The van der Waals surface area contributed by atoms with Crippen LogP contribution in [0.3, 0.4) is 0 Å². The van der Waals surface area contributed by atoms with Crippen LogP contribution < -0.4 is 10.4 Å². The first kappa shape index (κ1) is 17.7. The van der Waals surface area contributed by atoms with Gasteiger partial charge in [-0.15, -0.1) is 23.5 Å². The van der Waals surface area contributed by atoms with E-state index in [4.69, 9.17) is 21.0 Å². The summed E-state index contributed by atoms with van der Waals surface area (Å²) >= 11 is 2.95. The Balaban J connectivity index is 4.02. The number of thioether (sulfide) groups is 2. The average molecular weight is 324 g/mol. The summed E-state index contributed by atoms with van der Waals surface area (Å²) in [6.07, 6.45) is 0. The fraction of sp³-hybridized carbons (Fsp3) is 0.250. The van der Waals surface area contributed by atoms with Crippen LogP contribution in [0.1, 0.15) is 13.8 Å². The van der Waals surface area contributed by atoms with Gasteiger partial charge in [-0.05, 0) is 23.6 Å². The highest BCUT2D eigenvalue weighted by Gasteiger charge is 2.09. The molecule has 0 atom stereocenters. The van der Waals surface area contributed by atoms with E-state index in [1.165, 1.54) is 23.5 Å². The molecule has 0 aliphatic heterocycles. The minimum atomic E-state index is 0.0379. The van der Waals surface area contributed by atoms with Gasteiger partial charge >= 0.3 is 0 Å². The van der Waals surface area contributed by atoms with Crippen LogP contribution in [0.2, 0.25) is 0 Å². The lowest BCUT2D eigenvalue weighted by molar-refractivity contribution is 1.22. The molecule has 0 bridgehead atoms. The zero-order valence-corrected chi connectivity index (χ0v) is 13.8. The van der Waals surface area contributed by atoms with Gasteiger partial charge in [-0.3, -0.25) is 0 Å². The molecular weight excluding hydrogens is 312 g/mol. The summed E-state index contributed by atoms with van der Waals surface area (Å²) in [7, 11) is 0. The molecule has 4 nitrogen and oxygen atoms in total. The van der Waals surface area contributed by atoms with Gasteiger partial charge in [0.15, 0.2) is 0 Å². The van der Waals surface area contributed by atoms with Gasteiger partial charge in [0.1, 0.15) is 35.4 Å². The third kappa shape index (κ3) is 3.84. The van der Waals surface area contributed by atoms with Crippen molar-refractivity contribution in [1.82, 2.24) is 0 Å². The molecule has 1 rings (SSSR count). The fourth-order valence-corrected chi connectivity index (χ4v) is 3.45. The Morgan fingerprint density at radius 3 is 1.32 bits per heavy atom. The smallest absolute Gasteiger partial charge is 0.138 e. The molecule has 0 saturated carbocycles. The molecule has 1 aromatic carbocycles. The van der Waals surface area contributed by atoms with E-state index < -0.39 is 0 Å². The van der Waals surface area contributed by atoms with Crippen LogP contribution in [0.25, 0.3) is 11.1 Å². The van der Waals surface area contributed by atoms with E-state index in [-0.39, 0.29) is 11.1 Å². The number of benzene rings is 1. The van der Waals surface area contributed by atoms with Crippen LogP contribution in [-0.2, 0) is 0 Å². The highest BCUT2D eigenvalue weighted by molar-refractivity contribution is 7.99. The van der Waals surface area contributed by atoms with Crippen LogP contribution in [0, 0.1) is 45.3 Å². The number of nitrogens with zero attached hydrogens (tertiary/aromatic N) is 4. The van der Waals surface area contributed by atoms with Gasteiger partial charge in [0, 0.05) is 20.2 Å². The second-order valence-corrected chi connectivity index (χ2v) is 6.52. The fourth-order valence-electron chi connectivity index (χ4n) is 1.79. The van der Waals surface area contributed by atoms with Crippen molar-refractivity contribution in [1.29, 1.82) is 21.0 Å². The lowest BCUT2D eigenvalue weighted by atomic mass is 10.1. The van der Waals surface area contributed by atoms with Gasteiger partial charge in [0.05, 0.1) is 0 Å². The molecule has 0 spiro atoms. The summed E-state index contributed by atoms with van der Waals surface area (Å²) in [5, 5.41) is 37.6. The largest absolute Gasteiger partial charge is 0.192 e. The summed E-state index contributed by atoms with van der Waals surface area (Å²) in [5.41, 5.74) is 0.0758. The van der Waals surface area contributed by atoms with E-state index in [2.05, 4.69) is 0 Å². The minimum absolute atomic E-state index is 0.0379. The molecule has 0 aliphatic carbocycles. The summed E-state index contributed by atoms with van der Waals surface area (Å²) in [6.45, 7) is 3.92. The second-order valence-electron chi connectivity index (χ2n) is 3.91. The molecule has 1 aromatic rings. The van der Waals surface area contributed by atoms with Gasteiger partial charge in [-0.1, -0.05) is 13.8 Å². The van der Waals surface area contributed by atoms with Crippen molar-refractivity contribution in [3.05, 3.63) is 22.6 Å². The molecular formula is C16H12N4S2. The summed E-state index contributed by atoms with van der Waals surface area (Å²) < 4.78 is 0. The Kier molecular flexibility index (Phi) is 7.07. The summed E-state index contributed by atoms with van der Waals surface area (Å²) in [6, 6.07) is 11.1. The quantitative estimate of drug-likeness (QED) is 0.789. The predicted molar refractivity (Wildman–Crippen MR) is 87.8 cm³/mol. The molecule has 22 heavy (non-hydrogen) atoms. The normalized spacial score (nSPS) is 9.00. The van der Waals surface area contributed by atoms with Crippen molar-refractivity contribution in [2.75, 3.05) is 11.5 Å².